The van der Waals surface area contributed by atoms with Crippen LogP contribution in [-0.2, 0) is 0 Å². The number of halogens is 2. The topological polar surface area (TPSA) is 26.0 Å². The van der Waals surface area contributed by atoms with E-state index in [1.165, 1.54) is 17.0 Å². The Kier molecular flexibility index (Phi) is 4.62. The molecule has 0 aliphatic carbocycles. The lowest BCUT2D eigenvalue weighted by atomic mass is 10.3. The number of hydrogen-bond acceptors (Lipinski definition) is 3. The zero-order valence-electron chi connectivity index (χ0n) is 8.90. The van der Waals surface area contributed by atoms with Gasteiger partial charge in [-0.15, -0.1) is 23.1 Å². The predicted molar refractivity (Wildman–Crippen MR) is 76.1 cm³/mol. The molecule has 90 valence electrons. The van der Waals surface area contributed by atoms with Crippen LogP contribution in [0.1, 0.15) is 10.1 Å². The molecule has 1 aromatic carbocycles. The molecule has 1 nitrogen and oxygen atoms in total. The highest BCUT2D eigenvalue weighted by atomic mass is 79.9. The highest BCUT2D eigenvalue weighted by Crippen LogP contribution is 2.38. The monoisotopic (exact) mass is 331 g/mol. The van der Waals surface area contributed by atoms with Crippen LogP contribution in [0.25, 0.3) is 0 Å². The molecule has 1 atom stereocenters. The van der Waals surface area contributed by atoms with Crippen LogP contribution in [0.15, 0.2) is 45.1 Å². The van der Waals surface area contributed by atoms with E-state index in [9.17, 15) is 4.39 Å². The van der Waals surface area contributed by atoms with E-state index in [0.29, 0.717) is 6.54 Å². The lowest BCUT2D eigenvalue weighted by molar-refractivity contribution is 0.624. The number of benzene rings is 1. The van der Waals surface area contributed by atoms with Gasteiger partial charge in [-0.05, 0) is 40.2 Å². The summed E-state index contributed by atoms with van der Waals surface area (Å²) in [7, 11) is 0. The Hall–Kier alpha value is -0.360. The van der Waals surface area contributed by atoms with E-state index in [0.717, 1.165) is 9.37 Å². The van der Waals surface area contributed by atoms with Crippen molar-refractivity contribution in [1.82, 2.24) is 0 Å². The van der Waals surface area contributed by atoms with Crippen LogP contribution in [0.5, 0.6) is 0 Å². The fraction of sp³-hybridized carbons (Fsp3) is 0.167. The number of thioether (sulfide) groups is 1. The maximum Gasteiger partial charge on any atom is 0.124 e. The molecule has 0 aliphatic rings. The van der Waals surface area contributed by atoms with E-state index in [2.05, 4.69) is 22.0 Å². The Morgan fingerprint density at radius 1 is 1.41 bits per heavy atom. The van der Waals surface area contributed by atoms with Crippen LogP contribution in [0.2, 0.25) is 0 Å². The first-order chi connectivity index (χ1) is 8.19. The van der Waals surface area contributed by atoms with Crippen molar-refractivity contribution in [2.75, 3.05) is 6.54 Å². The van der Waals surface area contributed by atoms with E-state index >= 15 is 0 Å². The molecule has 0 radical (unpaired) electrons. The number of hydrogen-bond donors (Lipinski definition) is 1. The van der Waals surface area contributed by atoms with E-state index < -0.39 is 0 Å². The molecule has 0 fully saturated rings. The van der Waals surface area contributed by atoms with Crippen molar-refractivity contribution in [3.63, 3.8) is 0 Å². The van der Waals surface area contributed by atoms with Crippen LogP contribution in [-0.4, -0.2) is 6.54 Å². The summed E-state index contributed by atoms with van der Waals surface area (Å²) in [6.45, 7) is 0.536. The van der Waals surface area contributed by atoms with Crippen LogP contribution in [0, 0.1) is 5.82 Å². The van der Waals surface area contributed by atoms with Gasteiger partial charge in [-0.2, -0.15) is 0 Å². The second kappa shape index (κ2) is 6.00. The molecule has 2 aromatic rings. The normalized spacial score (nSPS) is 12.6. The van der Waals surface area contributed by atoms with Crippen molar-refractivity contribution in [1.29, 1.82) is 0 Å². The summed E-state index contributed by atoms with van der Waals surface area (Å²) < 4.78 is 14.1. The van der Waals surface area contributed by atoms with E-state index in [1.807, 2.05) is 11.4 Å². The van der Waals surface area contributed by atoms with Gasteiger partial charge in [0.15, 0.2) is 0 Å². The quantitative estimate of drug-likeness (QED) is 0.838. The minimum Gasteiger partial charge on any atom is -0.329 e. The smallest absolute Gasteiger partial charge is 0.124 e. The summed E-state index contributed by atoms with van der Waals surface area (Å²) >= 11 is 6.69. The highest BCUT2D eigenvalue weighted by molar-refractivity contribution is 9.10. The van der Waals surface area contributed by atoms with Crippen molar-refractivity contribution in [3.8, 4) is 0 Å². The van der Waals surface area contributed by atoms with Gasteiger partial charge in [0.1, 0.15) is 5.82 Å². The van der Waals surface area contributed by atoms with Gasteiger partial charge in [-0.3, -0.25) is 0 Å². The maximum absolute atomic E-state index is 13.1. The van der Waals surface area contributed by atoms with Crippen molar-refractivity contribution >= 4 is 39.0 Å². The van der Waals surface area contributed by atoms with Crippen LogP contribution < -0.4 is 5.73 Å². The summed E-state index contributed by atoms with van der Waals surface area (Å²) in [6.07, 6.45) is 0. The van der Waals surface area contributed by atoms with Gasteiger partial charge in [0.2, 0.25) is 0 Å². The Morgan fingerprint density at radius 2 is 2.24 bits per heavy atom. The number of thiophene rings is 1. The van der Waals surface area contributed by atoms with Crippen molar-refractivity contribution in [2.24, 2.45) is 5.73 Å². The van der Waals surface area contributed by atoms with Crippen LogP contribution in [0.4, 0.5) is 4.39 Å². The van der Waals surface area contributed by atoms with Crippen LogP contribution in [0.3, 0.4) is 0 Å². The second-order valence-electron chi connectivity index (χ2n) is 3.47. The first kappa shape index (κ1) is 13.1. The Bertz CT molecular complexity index is 501. The molecule has 5 heteroatoms. The van der Waals surface area contributed by atoms with Gasteiger partial charge in [-0.1, -0.05) is 6.07 Å². The molecule has 2 N–H and O–H groups in total. The minimum atomic E-state index is -0.210. The van der Waals surface area contributed by atoms with E-state index in [-0.39, 0.29) is 11.1 Å². The van der Waals surface area contributed by atoms with Gasteiger partial charge in [0, 0.05) is 26.2 Å². The third-order valence-corrected chi connectivity index (χ3v) is 5.41. The Balaban J connectivity index is 2.15. The third kappa shape index (κ3) is 3.55. The Labute approximate surface area is 116 Å². The number of nitrogens with two attached hydrogens (primary N) is 1. The molecule has 0 saturated heterocycles. The molecule has 0 aliphatic heterocycles. The zero-order chi connectivity index (χ0) is 12.3. The van der Waals surface area contributed by atoms with E-state index in [1.54, 1.807) is 29.2 Å². The SMILES string of the molecule is NCC(Sc1cccc(F)c1)c1cc(Br)cs1. The van der Waals surface area contributed by atoms with Crippen molar-refractivity contribution < 1.29 is 4.39 Å². The van der Waals surface area contributed by atoms with Crippen molar-refractivity contribution in [3.05, 3.63) is 50.9 Å². The largest absolute Gasteiger partial charge is 0.329 e. The molecule has 2 rings (SSSR count). The molecule has 0 bridgehead atoms. The summed E-state index contributed by atoms with van der Waals surface area (Å²) in [4.78, 5) is 2.11. The first-order valence-electron chi connectivity index (χ1n) is 5.05. The zero-order valence-corrected chi connectivity index (χ0v) is 12.1. The summed E-state index contributed by atoms with van der Waals surface area (Å²) in [6, 6.07) is 8.67. The molecule has 1 heterocycles. The Morgan fingerprint density at radius 3 is 2.82 bits per heavy atom. The van der Waals surface area contributed by atoms with Gasteiger partial charge in [0.25, 0.3) is 0 Å². The molecule has 0 amide bonds. The van der Waals surface area contributed by atoms with E-state index in [4.69, 9.17) is 5.73 Å². The highest BCUT2D eigenvalue weighted by Gasteiger charge is 2.13. The second-order valence-corrected chi connectivity index (χ2v) is 6.60. The van der Waals surface area contributed by atoms with Gasteiger partial charge in [0.05, 0.1) is 5.25 Å². The first-order valence-corrected chi connectivity index (χ1v) is 7.60. The maximum atomic E-state index is 13.1. The summed E-state index contributed by atoms with van der Waals surface area (Å²) in [5, 5.41) is 2.21. The molecule has 1 aromatic heterocycles. The molecular formula is C12H11BrFNS2. The minimum absolute atomic E-state index is 0.174. The lowest BCUT2D eigenvalue weighted by Crippen LogP contribution is -2.07. The average molecular weight is 332 g/mol. The third-order valence-electron chi connectivity index (χ3n) is 2.19. The molecular weight excluding hydrogens is 321 g/mol. The average Bonchev–Trinajstić information content (AvgIpc) is 2.73. The predicted octanol–water partition coefficient (Wildman–Crippen LogP) is 4.44. The summed E-state index contributed by atoms with van der Waals surface area (Å²) in [5.41, 5.74) is 5.78. The molecule has 0 spiro atoms. The molecule has 17 heavy (non-hydrogen) atoms. The lowest BCUT2D eigenvalue weighted by Gasteiger charge is -2.12. The summed E-state index contributed by atoms with van der Waals surface area (Å²) in [5.74, 6) is -0.210. The fourth-order valence-corrected chi connectivity index (χ4v) is 4.12. The van der Waals surface area contributed by atoms with Gasteiger partial charge >= 0.3 is 0 Å². The standard InChI is InChI=1S/C12H11BrFNS2/c13-8-4-11(16-7-8)12(6-15)17-10-3-1-2-9(14)5-10/h1-5,7,12H,6,15H2. The molecule has 0 saturated carbocycles. The fourth-order valence-electron chi connectivity index (χ4n) is 1.42. The number of rotatable bonds is 4. The van der Waals surface area contributed by atoms with Gasteiger partial charge < -0.3 is 5.73 Å². The van der Waals surface area contributed by atoms with Gasteiger partial charge in [-0.25, -0.2) is 4.39 Å². The van der Waals surface area contributed by atoms with Crippen LogP contribution >= 0.6 is 39.0 Å². The van der Waals surface area contributed by atoms with Crippen molar-refractivity contribution in [2.45, 2.75) is 10.1 Å². The molecule has 1 unspecified atom stereocenters.